The van der Waals surface area contributed by atoms with E-state index in [2.05, 4.69) is 10.6 Å². The van der Waals surface area contributed by atoms with Crippen LogP contribution in [-0.2, 0) is 10.2 Å². The molecule has 1 aromatic rings. The highest BCUT2D eigenvalue weighted by Crippen LogP contribution is 2.48. The molecule has 0 bridgehead atoms. The Bertz CT molecular complexity index is 596. The van der Waals surface area contributed by atoms with Gasteiger partial charge in [-0.3, -0.25) is 4.79 Å². The zero-order valence-electron chi connectivity index (χ0n) is 13.0. The number of hydrogen-bond donors (Lipinski definition) is 2. The number of nitrogens with one attached hydrogen (secondary N) is 2. The number of halogens is 3. The molecule has 1 amide bonds. The van der Waals surface area contributed by atoms with Crippen molar-refractivity contribution in [3.63, 3.8) is 0 Å². The number of carbonyl (C=O) groups is 1. The standard InChI is InChI=1S/C17H21F3N2O/c1-11-4-2-3-5-13(11)16(6-7-16)10-22-15(23)12-8-21-9-14(12)17(18,19)20/h2-5,12,14,21H,6-10H2,1H3,(H,22,23)/t12-,14-/m1/s1. The van der Waals surface area contributed by atoms with Gasteiger partial charge >= 0.3 is 6.18 Å². The van der Waals surface area contributed by atoms with Gasteiger partial charge in [0.1, 0.15) is 0 Å². The van der Waals surface area contributed by atoms with Crippen LogP contribution in [0.2, 0.25) is 0 Å². The first kappa shape index (κ1) is 16.3. The fraction of sp³-hybridized carbons (Fsp3) is 0.588. The molecule has 1 saturated carbocycles. The zero-order chi connectivity index (χ0) is 16.7. The summed E-state index contributed by atoms with van der Waals surface area (Å²) in [5.74, 6) is -3.10. The number of aryl methyl sites for hydroxylation is 1. The minimum absolute atomic E-state index is 0.0906. The summed E-state index contributed by atoms with van der Waals surface area (Å²) in [5, 5.41) is 5.46. The Kier molecular flexibility index (Phi) is 4.12. The van der Waals surface area contributed by atoms with Gasteiger partial charge in [-0.15, -0.1) is 0 Å². The summed E-state index contributed by atoms with van der Waals surface area (Å²) in [5.41, 5.74) is 2.26. The monoisotopic (exact) mass is 326 g/mol. The van der Waals surface area contributed by atoms with Gasteiger partial charge in [-0.25, -0.2) is 0 Å². The first-order valence-corrected chi connectivity index (χ1v) is 7.95. The Morgan fingerprint density at radius 1 is 1.30 bits per heavy atom. The largest absolute Gasteiger partial charge is 0.393 e. The van der Waals surface area contributed by atoms with Crippen LogP contribution >= 0.6 is 0 Å². The molecule has 1 aliphatic carbocycles. The van der Waals surface area contributed by atoms with Crippen molar-refractivity contribution in [2.75, 3.05) is 19.6 Å². The van der Waals surface area contributed by atoms with Crippen molar-refractivity contribution in [2.45, 2.75) is 31.4 Å². The minimum Gasteiger partial charge on any atom is -0.355 e. The second kappa shape index (κ2) is 5.82. The van der Waals surface area contributed by atoms with Gasteiger partial charge in [0, 0.05) is 25.0 Å². The Hall–Kier alpha value is -1.56. The quantitative estimate of drug-likeness (QED) is 0.893. The minimum atomic E-state index is -4.33. The second-order valence-electron chi connectivity index (χ2n) is 6.73. The summed E-state index contributed by atoms with van der Waals surface area (Å²) < 4.78 is 38.9. The summed E-state index contributed by atoms with van der Waals surface area (Å²) >= 11 is 0. The van der Waals surface area contributed by atoms with Crippen LogP contribution in [0.4, 0.5) is 13.2 Å². The highest BCUT2D eigenvalue weighted by Gasteiger charge is 2.51. The summed E-state index contributed by atoms with van der Waals surface area (Å²) in [7, 11) is 0. The van der Waals surface area contributed by atoms with Crippen molar-refractivity contribution in [3.05, 3.63) is 35.4 Å². The van der Waals surface area contributed by atoms with E-state index in [0.717, 1.165) is 18.4 Å². The van der Waals surface area contributed by atoms with Crippen molar-refractivity contribution in [1.82, 2.24) is 10.6 Å². The molecule has 2 atom stereocenters. The lowest BCUT2D eigenvalue weighted by Crippen LogP contribution is -2.42. The molecule has 2 fully saturated rings. The third-order valence-corrected chi connectivity index (χ3v) is 5.14. The van der Waals surface area contributed by atoms with E-state index in [1.807, 2.05) is 31.2 Å². The first-order valence-electron chi connectivity index (χ1n) is 7.95. The maximum Gasteiger partial charge on any atom is 0.393 e. The summed E-state index contributed by atoms with van der Waals surface area (Å²) in [6, 6.07) is 8.00. The van der Waals surface area contributed by atoms with Crippen molar-refractivity contribution < 1.29 is 18.0 Å². The molecule has 3 rings (SSSR count). The van der Waals surface area contributed by atoms with Crippen LogP contribution < -0.4 is 10.6 Å². The number of benzene rings is 1. The summed E-state index contributed by atoms with van der Waals surface area (Å²) in [4.78, 5) is 12.2. The molecule has 126 valence electrons. The van der Waals surface area contributed by atoms with Gasteiger partial charge in [0.2, 0.25) is 5.91 Å². The third kappa shape index (κ3) is 3.22. The molecule has 2 N–H and O–H groups in total. The van der Waals surface area contributed by atoms with E-state index in [4.69, 9.17) is 0 Å². The SMILES string of the molecule is Cc1ccccc1C1(CNC(=O)[C@@H]2CNC[C@H]2C(F)(F)F)CC1. The molecule has 1 heterocycles. The van der Waals surface area contributed by atoms with Crippen LogP contribution in [0.3, 0.4) is 0 Å². The van der Waals surface area contributed by atoms with Gasteiger partial charge in [-0.05, 0) is 30.9 Å². The maximum absolute atomic E-state index is 13.0. The van der Waals surface area contributed by atoms with Crippen LogP contribution in [0.1, 0.15) is 24.0 Å². The van der Waals surface area contributed by atoms with E-state index in [0.29, 0.717) is 6.54 Å². The Labute approximate surface area is 133 Å². The smallest absolute Gasteiger partial charge is 0.355 e. The van der Waals surface area contributed by atoms with Gasteiger partial charge in [-0.1, -0.05) is 24.3 Å². The number of amides is 1. The second-order valence-corrected chi connectivity index (χ2v) is 6.73. The van der Waals surface area contributed by atoms with E-state index in [-0.39, 0.29) is 18.5 Å². The zero-order valence-corrected chi connectivity index (χ0v) is 13.0. The van der Waals surface area contributed by atoms with Crippen LogP contribution in [0.15, 0.2) is 24.3 Å². The molecule has 1 aromatic carbocycles. The lowest BCUT2D eigenvalue weighted by Gasteiger charge is -2.23. The maximum atomic E-state index is 13.0. The van der Waals surface area contributed by atoms with Crippen LogP contribution in [-0.4, -0.2) is 31.7 Å². The van der Waals surface area contributed by atoms with Crippen molar-refractivity contribution >= 4 is 5.91 Å². The van der Waals surface area contributed by atoms with E-state index in [1.54, 1.807) is 0 Å². The molecule has 23 heavy (non-hydrogen) atoms. The fourth-order valence-electron chi connectivity index (χ4n) is 3.55. The molecule has 1 saturated heterocycles. The molecule has 0 radical (unpaired) electrons. The molecule has 3 nitrogen and oxygen atoms in total. The highest BCUT2D eigenvalue weighted by atomic mass is 19.4. The molecular weight excluding hydrogens is 305 g/mol. The molecular formula is C17H21F3N2O. The number of hydrogen-bond acceptors (Lipinski definition) is 2. The number of alkyl halides is 3. The van der Waals surface area contributed by atoms with Crippen LogP contribution in [0, 0.1) is 18.8 Å². The average Bonchev–Trinajstić information content (AvgIpc) is 3.09. The Balaban J connectivity index is 1.65. The van der Waals surface area contributed by atoms with Crippen molar-refractivity contribution in [3.8, 4) is 0 Å². The number of carbonyl (C=O) groups excluding carboxylic acids is 1. The average molecular weight is 326 g/mol. The molecule has 0 spiro atoms. The predicted octanol–water partition coefficient (Wildman–Crippen LogP) is 2.54. The van der Waals surface area contributed by atoms with E-state index < -0.39 is 23.9 Å². The van der Waals surface area contributed by atoms with Gasteiger partial charge in [0.05, 0.1) is 11.8 Å². The van der Waals surface area contributed by atoms with E-state index in [1.165, 1.54) is 5.56 Å². The predicted molar refractivity (Wildman–Crippen MR) is 81.0 cm³/mol. The summed E-state index contributed by atoms with van der Waals surface area (Å²) in [6.07, 6.45) is -2.41. The Morgan fingerprint density at radius 2 is 2.00 bits per heavy atom. The van der Waals surface area contributed by atoms with E-state index >= 15 is 0 Å². The lowest BCUT2D eigenvalue weighted by atomic mass is 9.90. The van der Waals surface area contributed by atoms with Gasteiger partial charge in [0.15, 0.2) is 0 Å². The Morgan fingerprint density at radius 3 is 2.61 bits per heavy atom. The van der Waals surface area contributed by atoms with Crippen LogP contribution in [0.5, 0.6) is 0 Å². The molecule has 2 aliphatic rings. The topological polar surface area (TPSA) is 41.1 Å². The first-order chi connectivity index (χ1) is 10.8. The normalized spacial score (nSPS) is 26.1. The molecule has 0 aromatic heterocycles. The third-order valence-electron chi connectivity index (χ3n) is 5.14. The fourth-order valence-corrected chi connectivity index (χ4v) is 3.55. The number of rotatable bonds is 4. The van der Waals surface area contributed by atoms with Gasteiger partial charge in [0.25, 0.3) is 0 Å². The van der Waals surface area contributed by atoms with E-state index in [9.17, 15) is 18.0 Å². The molecule has 0 unspecified atom stereocenters. The molecule has 6 heteroatoms. The van der Waals surface area contributed by atoms with Crippen LogP contribution in [0.25, 0.3) is 0 Å². The molecule has 1 aliphatic heterocycles. The summed E-state index contributed by atoms with van der Waals surface area (Å²) in [6.45, 7) is 2.35. The van der Waals surface area contributed by atoms with Crippen molar-refractivity contribution in [1.29, 1.82) is 0 Å². The van der Waals surface area contributed by atoms with Crippen molar-refractivity contribution in [2.24, 2.45) is 11.8 Å². The highest BCUT2D eigenvalue weighted by molar-refractivity contribution is 5.80. The lowest BCUT2D eigenvalue weighted by molar-refractivity contribution is -0.182. The van der Waals surface area contributed by atoms with Gasteiger partial charge in [-0.2, -0.15) is 13.2 Å². The van der Waals surface area contributed by atoms with Gasteiger partial charge < -0.3 is 10.6 Å².